The van der Waals surface area contributed by atoms with Crippen LogP contribution in [-0.2, 0) is 0 Å². The highest BCUT2D eigenvalue weighted by atomic mass is 16.7. The van der Waals surface area contributed by atoms with Crippen molar-refractivity contribution in [3.05, 3.63) is 15.6 Å². The van der Waals surface area contributed by atoms with Crippen molar-refractivity contribution in [2.24, 2.45) is 0 Å². The molecule has 0 amide bonds. The van der Waals surface area contributed by atoms with Gasteiger partial charge in [-0.3, -0.25) is 15.6 Å². The SMILES string of the molecule is N#CN[N-][N+](=O)[O-]. The maximum Gasteiger partial charge on any atom is 0.166 e. The molecule has 0 atom stereocenters. The zero-order valence-corrected chi connectivity index (χ0v) is 3.16. The van der Waals surface area contributed by atoms with Crippen molar-refractivity contribution in [2.45, 2.75) is 0 Å². The van der Waals surface area contributed by atoms with Gasteiger partial charge in [-0.1, -0.05) is 0 Å². The van der Waals surface area contributed by atoms with E-state index in [4.69, 9.17) is 5.26 Å². The molecular formula is CHN4O2-. The Bertz CT molecular complexity index is 103. The maximum atomic E-state index is 9.18. The fraction of sp³-hybridized carbons (Fsp3) is 0. The largest absolute Gasteiger partial charge is 0.343 e. The van der Waals surface area contributed by atoms with Gasteiger partial charge in [-0.05, 0) is 0 Å². The van der Waals surface area contributed by atoms with E-state index in [2.05, 4.69) is 5.53 Å². The second-order valence-corrected chi connectivity index (χ2v) is 0.561. The second-order valence-electron chi connectivity index (χ2n) is 0.561. The summed E-state index contributed by atoms with van der Waals surface area (Å²) in [6.45, 7) is 0. The summed E-state index contributed by atoms with van der Waals surface area (Å²) in [5.41, 5.74) is 3.83. The maximum absolute atomic E-state index is 9.18. The normalized spacial score (nSPS) is 6.14. The van der Waals surface area contributed by atoms with Crippen LogP contribution in [0.4, 0.5) is 0 Å². The van der Waals surface area contributed by atoms with Crippen LogP contribution in [-0.4, -0.2) is 5.03 Å². The molecule has 0 heterocycles. The first kappa shape index (κ1) is 5.49. The minimum atomic E-state index is -0.997. The summed E-state index contributed by atoms with van der Waals surface area (Å²) in [6.07, 6.45) is 1.24. The van der Waals surface area contributed by atoms with Crippen LogP contribution >= 0.6 is 0 Å². The van der Waals surface area contributed by atoms with Gasteiger partial charge in [0.15, 0.2) is 6.19 Å². The van der Waals surface area contributed by atoms with Crippen molar-refractivity contribution in [1.82, 2.24) is 5.43 Å². The molecule has 0 aromatic carbocycles. The molecule has 7 heavy (non-hydrogen) atoms. The first-order valence-electron chi connectivity index (χ1n) is 1.26. The lowest BCUT2D eigenvalue weighted by atomic mass is 11.4. The molecule has 0 saturated carbocycles. The molecule has 0 radical (unpaired) electrons. The van der Waals surface area contributed by atoms with Crippen LogP contribution in [0.1, 0.15) is 0 Å². The number of nitrogens with one attached hydrogen (secondary N) is 1. The monoisotopic (exact) mass is 101 g/mol. The third-order valence-corrected chi connectivity index (χ3v) is 0.182. The van der Waals surface area contributed by atoms with Gasteiger partial charge in [-0.25, -0.2) is 0 Å². The van der Waals surface area contributed by atoms with Gasteiger partial charge in [-0.2, -0.15) is 5.26 Å². The van der Waals surface area contributed by atoms with E-state index in [-0.39, 0.29) is 0 Å². The molecule has 0 aliphatic rings. The fourth-order valence-electron chi connectivity index (χ4n) is 0.0632. The average molecular weight is 101 g/mol. The Morgan fingerprint density at radius 2 is 2.57 bits per heavy atom. The molecule has 38 valence electrons. The van der Waals surface area contributed by atoms with Gasteiger partial charge in [-0.15, -0.1) is 0 Å². The molecule has 6 heteroatoms. The molecule has 0 rings (SSSR count). The first-order valence-corrected chi connectivity index (χ1v) is 1.26. The highest BCUT2D eigenvalue weighted by Crippen LogP contribution is 1.72. The van der Waals surface area contributed by atoms with Crippen LogP contribution in [0.25, 0.3) is 5.53 Å². The molecule has 0 aliphatic heterocycles. The zero-order valence-electron chi connectivity index (χ0n) is 3.16. The molecule has 0 unspecified atom stereocenters. The van der Waals surface area contributed by atoms with Crippen LogP contribution in [0.3, 0.4) is 0 Å². The number of nitrogens with zero attached hydrogens (tertiary/aromatic N) is 3. The van der Waals surface area contributed by atoms with Gasteiger partial charge in [0, 0.05) is 5.03 Å². The van der Waals surface area contributed by atoms with Gasteiger partial charge < -0.3 is 5.43 Å². The van der Waals surface area contributed by atoms with E-state index in [1.165, 1.54) is 11.6 Å². The lowest BCUT2D eigenvalue weighted by Crippen LogP contribution is -2.03. The van der Waals surface area contributed by atoms with Gasteiger partial charge >= 0.3 is 0 Å². The smallest absolute Gasteiger partial charge is 0.166 e. The molecule has 0 aromatic heterocycles. The molecule has 1 N–H and O–H groups in total. The predicted octanol–water partition coefficient (Wildman–Crippen LogP) is -0.463. The molecule has 0 aromatic rings. The van der Waals surface area contributed by atoms with Gasteiger partial charge in [0.05, 0.1) is 0 Å². The summed E-state index contributed by atoms with van der Waals surface area (Å²) >= 11 is 0. The number of hydrogen-bond donors (Lipinski definition) is 1. The number of hydrogen-bond acceptors (Lipinski definition) is 4. The Morgan fingerprint density at radius 1 is 2.00 bits per heavy atom. The third kappa shape index (κ3) is 4.49. The van der Waals surface area contributed by atoms with E-state index in [0.29, 0.717) is 0 Å². The van der Waals surface area contributed by atoms with E-state index in [9.17, 15) is 10.1 Å². The summed E-state index contributed by atoms with van der Waals surface area (Å²) in [5, 5.41) is 15.7. The Labute approximate surface area is 38.8 Å². The van der Waals surface area contributed by atoms with Crippen LogP contribution in [0.15, 0.2) is 0 Å². The number of nitro groups is 1. The van der Waals surface area contributed by atoms with Gasteiger partial charge in [0.25, 0.3) is 0 Å². The van der Waals surface area contributed by atoms with E-state index in [0.717, 1.165) is 0 Å². The van der Waals surface area contributed by atoms with Crippen molar-refractivity contribution >= 4 is 0 Å². The van der Waals surface area contributed by atoms with Gasteiger partial charge in [0.2, 0.25) is 0 Å². The topological polar surface area (TPSA) is 93.1 Å². The summed E-state index contributed by atoms with van der Waals surface area (Å²) in [6, 6.07) is 0. The lowest BCUT2D eigenvalue weighted by molar-refractivity contribution is -0.431. The molecule has 0 bridgehead atoms. The summed E-state index contributed by atoms with van der Waals surface area (Å²) in [7, 11) is 0. The summed E-state index contributed by atoms with van der Waals surface area (Å²) < 4.78 is 0. The summed E-state index contributed by atoms with van der Waals surface area (Å²) in [4.78, 5) is 9.18. The molecule has 0 spiro atoms. The second kappa shape index (κ2) is 2.71. The zero-order chi connectivity index (χ0) is 5.70. The minimum absolute atomic E-state index is 0.997. The van der Waals surface area contributed by atoms with E-state index >= 15 is 0 Å². The van der Waals surface area contributed by atoms with Crippen LogP contribution in [0, 0.1) is 21.6 Å². The Morgan fingerprint density at radius 3 is 2.71 bits per heavy atom. The summed E-state index contributed by atoms with van der Waals surface area (Å²) in [5.74, 6) is 0. The number of nitriles is 1. The van der Waals surface area contributed by atoms with Gasteiger partial charge in [0.1, 0.15) is 0 Å². The first-order chi connectivity index (χ1) is 3.27. The van der Waals surface area contributed by atoms with Crippen LogP contribution in [0.2, 0.25) is 0 Å². The standard InChI is InChI=1S/CHN4O2/c2-1-3-4-5(6)7/h3H/q-1. The quantitative estimate of drug-likeness (QED) is 0.220. The molecular weight excluding hydrogens is 100 g/mol. The van der Waals surface area contributed by atoms with Crippen molar-refractivity contribution in [2.75, 3.05) is 0 Å². The molecule has 0 saturated heterocycles. The van der Waals surface area contributed by atoms with Crippen LogP contribution in [0.5, 0.6) is 0 Å². The Hall–Kier alpha value is -1.51. The van der Waals surface area contributed by atoms with Crippen molar-refractivity contribution < 1.29 is 5.03 Å². The van der Waals surface area contributed by atoms with E-state index < -0.39 is 5.03 Å². The molecule has 0 fully saturated rings. The van der Waals surface area contributed by atoms with E-state index in [1.54, 1.807) is 0 Å². The highest BCUT2D eigenvalue weighted by molar-refractivity contribution is 4.67. The predicted molar refractivity (Wildman–Crippen MR) is 19.1 cm³/mol. The molecule has 0 aliphatic carbocycles. The third-order valence-electron chi connectivity index (χ3n) is 0.182. The van der Waals surface area contributed by atoms with Crippen molar-refractivity contribution in [1.29, 1.82) is 5.26 Å². The highest BCUT2D eigenvalue weighted by Gasteiger charge is 1.67. The number of rotatable bonds is 2. The van der Waals surface area contributed by atoms with E-state index in [1.807, 2.05) is 0 Å². The average Bonchev–Trinajstić information content (AvgIpc) is 1.61. The minimum Gasteiger partial charge on any atom is -0.343 e. The lowest BCUT2D eigenvalue weighted by Gasteiger charge is -2.01. The fourth-order valence-corrected chi connectivity index (χ4v) is 0.0632. The van der Waals surface area contributed by atoms with Crippen molar-refractivity contribution in [3.8, 4) is 6.19 Å². The van der Waals surface area contributed by atoms with Crippen LogP contribution < -0.4 is 5.43 Å². The molecule has 6 nitrogen and oxygen atoms in total. The Balaban J connectivity index is 3.02. The van der Waals surface area contributed by atoms with Crippen molar-refractivity contribution in [3.63, 3.8) is 0 Å². The Kier molecular flexibility index (Phi) is 2.13.